The van der Waals surface area contributed by atoms with Gasteiger partial charge in [0.2, 0.25) is 0 Å². The monoisotopic (exact) mass is 287 g/mol. The van der Waals surface area contributed by atoms with E-state index in [1.807, 2.05) is 0 Å². The number of rotatable bonds is 4. The molecule has 8 heteroatoms. The predicted octanol–water partition coefficient (Wildman–Crippen LogP) is -0.0167. The van der Waals surface area contributed by atoms with E-state index in [-0.39, 0.29) is 23.6 Å². The highest BCUT2D eigenvalue weighted by molar-refractivity contribution is 7.80. The molecule has 0 unspecified atom stereocenters. The molecule has 0 saturated carbocycles. The first kappa shape index (κ1) is 15.0. The lowest BCUT2D eigenvalue weighted by Gasteiger charge is -2.06. The number of hydrogen-bond acceptors (Lipinski definition) is 3. The fraction of sp³-hybridized carbons (Fsp3) is 0.182. The van der Waals surface area contributed by atoms with Crippen LogP contribution in [0.5, 0.6) is 0 Å². The summed E-state index contributed by atoms with van der Waals surface area (Å²) in [7, 11) is 0. The molecular formula is C11H11F2N3O2S. The first-order chi connectivity index (χ1) is 8.90. The third-order valence-electron chi connectivity index (χ3n) is 2.08. The van der Waals surface area contributed by atoms with Crippen molar-refractivity contribution in [1.29, 1.82) is 0 Å². The molecule has 1 rings (SSSR count). The summed E-state index contributed by atoms with van der Waals surface area (Å²) in [5, 5.41) is 4.31. The van der Waals surface area contributed by atoms with Crippen LogP contribution in [-0.2, 0) is 16.1 Å². The van der Waals surface area contributed by atoms with Crippen molar-refractivity contribution in [3.05, 3.63) is 35.4 Å². The van der Waals surface area contributed by atoms with Gasteiger partial charge in [-0.25, -0.2) is 8.78 Å². The van der Waals surface area contributed by atoms with E-state index in [0.717, 1.165) is 18.2 Å². The number of halogens is 2. The first-order valence-electron chi connectivity index (χ1n) is 5.18. The quantitative estimate of drug-likeness (QED) is 0.537. The van der Waals surface area contributed by atoms with Crippen LogP contribution in [0.2, 0.25) is 0 Å². The van der Waals surface area contributed by atoms with Crippen molar-refractivity contribution >= 4 is 29.0 Å². The molecule has 5 nitrogen and oxygen atoms in total. The fourth-order valence-electron chi connectivity index (χ4n) is 1.18. The maximum absolute atomic E-state index is 13.2. The summed E-state index contributed by atoms with van der Waals surface area (Å²) in [6.45, 7) is -0.418. The van der Waals surface area contributed by atoms with Gasteiger partial charge in [-0.3, -0.25) is 9.59 Å². The molecule has 0 saturated heterocycles. The zero-order valence-electron chi connectivity index (χ0n) is 9.70. The Hall–Kier alpha value is -2.09. The zero-order valence-corrected chi connectivity index (χ0v) is 10.5. The molecule has 19 heavy (non-hydrogen) atoms. The SMILES string of the molecule is NC(=S)CNC(=O)C(=O)NCc1cc(F)ccc1F. The summed E-state index contributed by atoms with van der Waals surface area (Å²) in [4.78, 5) is 22.5. The van der Waals surface area contributed by atoms with Gasteiger partial charge in [0.25, 0.3) is 0 Å². The van der Waals surface area contributed by atoms with Crippen molar-refractivity contribution < 1.29 is 18.4 Å². The lowest BCUT2D eigenvalue weighted by Crippen LogP contribution is -2.42. The highest BCUT2D eigenvalue weighted by Gasteiger charge is 2.13. The Morgan fingerprint density at radius 1 is 1.21 bits per heavy atom. The van der Waals surface area contributed by atoms with Crippen LogP contribution < -0.4 is 16.4 Å². The minimum absolute atomic E-state index is 0.0253. The lowest BCUT2D eigenvalue weighted by atomic mass is 10.2. The van der Waals surface area contributed by atoms with Crippen LogP contribution in [0.1, 0.15) is 5.56 Å². The van der Waals surface area contributed by atoms with Crippen molar-refractivity contribution in [1.82, 2.24) is 10.6 Å². The maximum Gasteiger partial charge on any atom is 0.309 e. The molecule has 0 aliphatic carbocycles. The molecule has 0 aliphatic rings. The Kier molecular flexibility index (Phi) is 5.31. The molecule has 0 bridgehead atoms. The number of benzene rings is 1. The van der Waals surface area contributed by atoms with Crippen molar-refractivity contribution in [2.24, 2.45) is 5.73 Å². The molecule has 4 N–H and O–H groups in total. The van der Waals surface area contributed by atoms with E-state index in [1.54, 1.807) is 0 Å². The van der Waals surface area contributed by atoms with Gasteiger partial charge in [0.15, 0.2) is 0 Å². The van der Waals surface area contributed by atoms with E-state index in [2.05, 4.69) is 22.9 Å². The van der Waals surface area contributed by atoms with E-state index in [4.69, 9.17) is 5.73 Å². The number of carbonyl (C=O) groups excluding carboxylic acids is 2. The van der Waals surface area contributed by atoms with Gasteiger partial charge in [-0.1, -0.05) is 12.2 Å². The van der Waals surface area contributed by atoms with Crippen LogP contribution in [0.25, 0.3) is 0 Å². The lowest BCUT2D eigenvalue weighted by molar-refractivity contribution is -0.139. The van der Waals surface area contributed by atoms with Crippen LogP contribution in [0, 0.1) is 11.6 Å². The summed E-state index contributed by atoms with van der Waals surface area (Å²) < 4.78 is 26.1. The number of nitrogens with two attached hydrogens (primary N) is 1. The third kappa shape index (κ3) is 4.96. The van der Waals surface area contributed by atoms with Crippen LogP contribution in [0.3, 0.4) is 0 Å². The number of thiocarbonyl (C=S) groups is 1. The molecule has 1 aromatic carbocycles. The third-order valence-corrected chi connectivity index (χ3v) is 2.22. The Balaban J connectivity index is 2.52. The predicted molar refractivity (Wildman–Crippen MR) is 68.0 cm³/mol. The van der Waals surface area contributed by atoms with Gasteiger partial charge in [0.1, 0.15) is 11.6 Å². The van der Waals surface area contributed by atoms with Crippen molar-refractivity contribution in [3.63, 3.8) is 0 Å². The van der Waals surface area contributed by atoms with Gasteiger partial charge in [-0.15, -0.1) is 0 Å². The molecule has 0 radical (unpaired) electrons. The second-order valence-electron chi connectivity index (χ2n) is 3.57. The maximum atomic E-state index is 13.2. The number of nitrogens with one attached hydrogen (secondary N) is 2. The normalized spacial score (nSPS) is 9.79. The minimum atomic E-state index is -0.986. The van der Waals surface area contributed by atoms with Gasteiger partial charge in [-0.2, -0.15) is 0 Å². The van der Waals surface area contributed by atoms with E-state index in [9.17, 15) is 18.4 Å². The molecule has 0 aromatic heterocycles. The van der Waals surface area contributed by atoms with Crippen molar-refractivity contribution in [2.45, 2.75) is 6.54 Å². The van der Waals surface area contributed by atoms with E-state index in [0.29, 0.717) is 0 Å². The average molecular weight is 287 g/mol. The molecule has 2 amide bonds. The average Bonchev–Trinajstić information content (AvgIpc) is 2.36. The molecule has 0 atom stereocenters. The number of amides is 2. The minimum Gasteiger partial charge on any atom is -0.392 e. The van der Waals surface area contributed by atoms with Gasteiger partial charge < -0.3 is 16.4 Å². The Labute approximate surface area is 113 Å². The van der Waals surface area contributed by atoms with Gasteiger partial charge in [0.05, 0.1) is 11.5 Å². The van der Waals surface area contributed by atoms with Crippen LogP contribution in [0.4, 0.5) is 8.78 Å². The molecule has 1 aromatic rings. The number of hydrogen-bond donors (Lipinski definition) is 3. The summed E-state index contributed by atoms with van der Waals surface area (Å²) >= 11 is 4.51. The second-order valence-corrected chi connectivity index (χ2v) is 4.09. The molecule has 0 spiro atoms. The summed E-state index contributed by atoms with van der Waals surface area (Å²) in [5.74, 6) is -3.25. The van der Waals surface area contributed by atoms with E-state index >= 15 is 0 Å². The molecule has 0 aliphatic heterocycles. The van der Waals surface area contributed by atoms with E-state index < -0.39 is 23.4 Å². The van der Waals surface area contributed by atoms with Gasteiger partial charge in [-0.05, 0) is 18.2 Å². The van der Waals surface area contributed by atoms with Gasteiger partial charge in [0, 0.05) is 12.1 Å². The summed E-state index contributed by atoms with van der Waals surface area (Å²) in [6.07, 6.45) is 0. The largest absolute Gasteiger partial charge is 0.392 e. The van der Waals surface area contributed by atoms with Crippen molar-refractivity contribution in [2.75, 3.05) is 6.54 Å². The van der Waals surface area contributed by atoms with Crippen molar-refractivity contribution in [3.8, 4) is 0 Å². The molecular weight excluding hydrogens is 276 g/mol. The fourth-order valence-corrected chi connectivity index (χ4v) is 1.25. The second kappa shape index (κ2) is 6.74. The zero-order chi connectivity index (χ0) is 14.4. The molecule has 0 fully saturated rings. The van der Waals surface area contributed by atoms with Crippen LogP contribution >= 0.6 is 12.2 Å². The highest BCUT2D eigenvalue weighted by Crippen LogP contribution is 2.08. The standard InChI is InChI=1S/C11H11F2N3O2S/c12-7-1-2-8(13)6(3-7)4-15-10(17)11(18)16-5-9(14)19/h1-3H,4-5H2,(H2,14,19)(H,15,17)(H,16,18). The molecule has 0 heterocycles. The molecule has 102 valence electrons. The van der Waals surface area contributed by atoms with Crippen LogP contribution in [0.15, 0.2) is 18.2 Å². The Morgan fingerprint density at radius 3 is 2.47 bits per heavy atom. The first-order valence-corrected chi connectivity index (χ1v) is 5.59. The van der Waals surface area contributed by atoms with Gasteiger partial charge >= 0.3 is 11.8 Å². The smallest absolute Gasteiger partial charge is 0.309 e. The topological polar surface area (TPSA) is 84.2 Å². The summed E-state index contributed by atoms with van der Waals surface area (Å²) in [5.41, 5.74) is 5.08. The highest BCUT2D eigenvalue weighted by atomic mass is 32.1. The van der Waals surface area contributed by atoms with Crippen LogP contribution in [-0.4, -0.2) is 23.3 Å². The van der Waals surface area contributed by atoms with E-state index in [1.165, 1.54) is 0 Å². The Bertz CT molecular complexity index is 523. The number of carbonyl (C=O) groups is 2. The summed E-state index contributed by atoms with van der Waals surface area (Å²) in [6, 6.07) is 2.82. The Morgan fingerprint density at radius 2 is 1.84 bits per heavy atom.